The number of anilines is 3. The van der Waals surface area contributed by atoms with Crippen LogP contribution in [0.2, 0.25) is 0 Å². The van der Waals surface area contributed by atoms with Gasteiger partial charge in [-0.1, -0.05) is 140 Å². The second kappa shape index (κ2) is 11.2. The van der Waals surface area contributed by atoms with Crippen LogP contribution < -0.4 is 4.90 Å². The summed E-state index contributed by atoms with van der Waals surface area (Å²) in [6.07, 6.45) is 0. The van der Waals surface area contributed by atoms with Crippen LogP contribution in [0.5, 0.6) is 0 Å². The summed E-state index contributed by atoms with van der Waals surface area (Å²) in [7, 11) is 0. The Labute approximate surface area is 288 Å². The van der Waals surface area contributed by atoms with Gasteiger partial charge in [0.05, 0.1) is 31.8 Å². The summed E-state index contributed by atoms with van der Waals surface area (Å²) in [5.41, 5.74) is 9.56. The highest BCUT2D eigenvalue weighted by Gasteiger charge is 2.24. The second-order valence-corrected chi connectivity index (χ2v) is 13.6. The van der Waals surface area contributed by atoms with Gasteiger partial charge in [-0.2, -0.15) is 0 Å². The number of hydrogen-bond donors (Lipinski definition) is 0. The highest BCUT2D eigenvalue weighted by molar-refractivity contribution is 7.27. The summed E-state index contributed by atoms with van der Waals surface area (Å²) < 4.78 is 5.02. The average Bonchev–Trinajstić information content (AvgIpc) is 3.71. The third-order valence-corrected chi connectivity index (χ3v) is 11.0. The van der Waals surface area contributed by atoms with E-state index in [1.165, 1.54) is 80.9 Å². The van der Waals surface area contributed by atoms with Gasteiger partial charge < -0.3 is 9.47 Å². The summed E-state index contributed by atoms with van der Waals surface area (Å²) >= 11 is 1.90. The van der Waals surface area contributed by atoms with Crippen molar-refractivity contribution >= 4 is 81.1 Å². The molecule has 230 valence electrons. The molecule has 10 aromatic rings. The standard InChI is InChI=1S/C46H30N2S/c1-3-14-31(15-4-1)32-26-28-35(29-27-32)47(43-30-33-16-7-8-19-36(33)37-20-9-10-21-38(37)43)42-25-13-23-40-44-46(49-45(40)42)39-22-11-12-24-41(39)48(44)34-17-5-2-6-18-34/h1-30H. The number of rotatable bonds is 5. The summed E-state index contributed by atoms with van der Waals surface area (Å²) in [5, 5.41) is 7.52. The molecular weight excluding hydrogens is 613 g/mol. The number of thiophene rings is 1. The van der Waals surface area contributed by atoms with E-state index >= 15 is 0 Å². The molecule has 10 rings (SSSR count). The molecule has 2 nitrogen and oxygen atoms in total. The van der Waals surface area contributed by atoms with Gasteiger partial charge in [0, 0.05) is 27.5 Å². The Kier molecular flexibility index (Phi) is 6.39. The fraction of sp³-hybridized carbons (Fsp3) is 0. The molecule has 0 amide bonds. The lowest BCUT2D eigenvalue weighted by molar-refractivity contribution is 1.19. The molecule has 0 atom stereocenters. The van der Waals surface area contributed by atoms with Crippen molar-refractivity contribution in [1.82, 2.24) is 4.57 Å². The first kappa shape index (κ1) is 27.9. The number of fused-ring (bicyclic) bond motifs is 8. The van der Waals surface area contributed by atoms with Crippen LogP contribution in [0.15, 0.2) is 182 Å². The molecule has 0 N–H and O–H groups in total. The van der Waals surface area contributed by atoms with Gasteiger partial charge in [0.1, 0.15) is 0 Å². The van der Waals surface area contributed by atoms with Gasteiger partial charge >= 0.3 is 0 Å². The molecule has 0 saturated carbocycles. The van der Waals surface area contributed by atoms with Gasteiger partial charge in [0.2, 0.25) is 0 Å². The monoisotopic (exact) mass is 642 g/mol. The van der Waals surface area contributed by atoms with Gasteiger partial charge in [-0.05, 0) is 69.8 Å². The van der Waals surface area contributed by atoms with Crippen molar-refractivity contribution in [2.24, 2.45) is 0 Å². The van der Waals surface area contributed by atoms with E-state index in [9.17, 15) is 0 Å². The molecule has 0 bridgehead atoms. The van der Waals surface area contributed by atoms with Crippen LogP contribution in [0.4, 0.5) is 17.1 Å². The molecule has 0 unspecified atom stereocenters. The van der Waals surface area contributed by atoms with Crippen molar-refractivity contribution in [3.63, 3.8) is 0 Å². The zero-order valence-electron chi connectivity index (χ0n) is 26.6. The topological polar surface area (TPSA) is 8.17 Å². The van der Waals surface area contributed by atoms with Crippen LogP contribution in [-0.2, 0) is 0 Å². The van der Waals surface area contributed by atoms with Crippen LogP contribution in [0, 0.1) is 0 Å². The molecule has 0 radical (unpaired) electrons. The lowest BCUT2D eigenvalue weighted by atomic mass is 9.98. The molecular formula is C46H30N2S. The predicted octanol–water partition coefficient (Wildman–Crippen LogP) is 13.4. The van der Waals surface area contributed by atoms with Gasteiger partial charge in [0.15, 0.2) is 0 Å². The Balaban J connectivity index is 1.29. The third-order valence-electron chi connectivity index (χ3n) is 9.76. The van der Waals surface area contributed by atoms with Gasteiger partial charge in [-0.3, -0.25) is 0 Å². The van der Waals surface area contributed by atoms with E-state index in [4.69, 9.17) is 0 Å². The zero-order chi connectivity index (χ0) is 32.3. The molecule has 0 aliphatic carbocycles. The Morgan fingerprint density at radius 3 is 1.82 bits per heavy atom. The summed E-state index contributed by atoms with van der Waals surface area (Å²) in [5.74, 6) is 0. The minimum atomic E-state index is 1.13. The highest BCUT2D eigenvalue weighted by Crippen LogP contribution is 2.50. The Morgan fingerprint density at radius 1 is 0.408 bits per heavy atom. The van der Waals surface area contributed by atoms with Crippen molar-refractivity contribution in [1.29, 1.82) is 0 Å². The van der Waals surface area contributed by atoms with Crippen LogP contribution in [0.3, 0.4) is 0 Å². The Hall–Kier alpha value is -6.16. The van der Waals surface area contributed by atoms with Crippen molar-refractivity contribution in [3.8, 4) is 16.8 Å². The van der Waals surface area contributed by atoms with Crippen LogP contribution >= 0.6 is 11.3 Å². The lowest BCUT2D eigenvalue weighted by Gasteiger charge is -2.28. The molecule has 2 aromatic heterocycles. The van der Waals surface area contributed by atoms with E-state index in [2.05, 4.69) is 191 Å². The molecule has 0 aliphatic rings. The maximum absolute atomic E-state index is 2.48. The lowest BCUT2D eigenvalue weighted by Crippen LogP contribution is -2.11. The van der Waals surface area contributed by atoms with Crippen molar-refractivity contribution < 1.29 is 0 Å². The van der Waals surface area contributed by atoms with E-state index in [1.54, 1.807) is 0 Å². The molecule has 0 spiro atoms. The van der Waals surface area contributed by atoms with E-state index in [0.717, 1.165) is 5.69 Å². The quantitative estimate of drug-likeness (QED) is 0.170. The average molecular weight is 643 g/mol. The maximum atomic E-state index is 2.48. The molecule has 0 fully saturated rings. The van der Waals surface area contributed by atoms with Crippen LogP contribution in [0.1, 0.15) is 0 Å². The molecule has 3 heteroatoms. The molecule has 49 heavy (non-hydrogen) atoms. The van der Waals surface area contributed by atoms with E-state index < -0.39 is 0 Å². The minimum absolute atomic E-state index is 1.13. The summed E-state index contributed by atoms with van der Waals surface area (Å²) in [4.78, 5) is 2.48. The van der Waals surface area contributed by atoms with Crippen LogP contribution in [0.25, 0.3) is 69.6 Å². The SMILES string of the molecule is c1ccc(-c2ccc(N(c3cc4ccccc4c4ccccc34)c3cccc4c3sc3c5ccccc5n(-c5ccccc5)c43)cc2)cc1. The number of para-hydroxylation sites is 2. The molecule has 8 aromatic carbocycles. The van der Waals surface area contributed by atoms with Crippen molar-refractivity contribution in [2.75, 3.05) is 4.90 Å². The smallest absolute Gasteiger partial charge is 0.0728 e. The number of hydrogen-bond acceptors (Lipinski definition) is 2. The second-order valence-electron chi connectivity index (χ2n) is 12.5. The normalized spacial score (nSPS) is 11.7. The fourth-order valence-electron chi connectivity index (χ4n) is 7.56. The van der Waals surface area contributed by atoms with E-state index in [1.807, 2.05) is 11.3 Å². The Bertz CT molecular complexity index is 2810. The first-order chi connectivity index (χ1) is 24.3. The van der Waals surface area contributed by atoms with Crippen molar-refractivity contribution in [2.45, 2.75) is 0 Å². The van der Waals surface area contributed by atoms with Crippen molar-refractivity contribution in [3.05, 3.63) is 182 Å². The summed E-state index contributed by atoms with van der Waals surface area (Å²) in [6.45, 7) is 0. The largest absolute Gasteiger partial charge is 0.308 e. The first-order valence-corrected chi connectivity index (χ1v) is 17.5. The number of nitrogens with zero attached hydrogens (tertiary/aromatic N) is 2. The third kappa shape index (κ3) is 4.40. The minimum Gasteiger partial charge on any atom is -0.308 e. The first-order valence-electron chi connectivity index (χ1n) is 16.7. The zero-order valence-corrected chi connectivity index (χ0v) is 27.4. The van der Waals surface area contributed by atoms with E-state index in [-0.39, 0.29) is 0 Å². The predicted molar refractivity (Wildman–Crippen MR) is 211 cm³/mol. The number of benzene rings is 8. The van der Waals surface area contributed by atoms with Gasteiger partial charge in [-0.15, -0.1) is 11.3 Å². The molecule has 0 saturated heterocycles. The molecule has 2 heterocycles. The fourth-order valence-corrected chi connectivity index (χ4v) is 8.88. The molecule has 0 aliphatic heterocycles. The highest BCUT2D eigenvalue weighted by atomic mass is 32.1. The van der Waals surface area contributed by atoms with E-state index in [0.29, 0.717) is 0 Å². The number of aromatic nitrogens is 1. The Morgan fingerprint density at radius 2 is 1.02 bits per heavy atom. The van der Waals surface area contributed by atoms with Gasteiger partial charge in [0.25, 0.3) is 0 Å². The van der Waals surface area contributed by atoms with Gasteiger partial charge in [-0.25, -0.2) is 0 Å². The van der Waals surface area contributed by atoms with Crippen LogP contribution in [-0.4, -0.2) is 4.57 Å². The maximum Gasteiger partial charge on any atom is 0.0728 e. The summed E-state index contributed by atoms with van der Waals surface area (Å²) in [6, 6.07) is 66.0.